The van der Waals surface area contributed by atoms with Crippen LogP contribution in [0.25, 0.3) is 0 Å². The number of hydrogen-bond donors (Lipinski definition) is 6. The van der Waals surface area contributed by atoms with Crippen molar-refractivity contribution in [2.45, 2.75) is 283 Å². The standard InChI is InChI=1S/C43H64N2O10.C29H43NO6.C18H26N2O7/c46-39(44-29-30-52-31-32-53-35-41(48)49)28-27-38(43(51)55-34-37-23-17-14-18-24-37)45-40(47)25-19-11-9-7-5-3-1-2-4-6-8-10-12-20-26-42(50)54-33-36-21-15-13-16-22-36;31-26-22-23-27(32)30(26)36-29(34)21-17-12-10-8-6-4-2-1-3-5-7-9-11-16-20-28(33)35-24-25-18-14-13-15-19-25;19-15(18(24)27-12-14-4-2-1-3-5-14)6-7-16(21)20-8-9-25-10-11-26-13-17(22)23/h13-18,21-24,38H,1-12,19-20,25-35H2,(H,44,46)(H,45,47)(H,48,49);13-15,18-19H,1-12,16-17,20-24H2;1-5,15H,6-13,19H2,(H,20,21)(H,22,23)/t38-;;15-/m0.0/s1. The molecule has 5 amide bonds. The molecule has 28 heteroatoms. The Morgan fingerprint density at radius 3 is 0.983 bits per heavy atom. The number of aliphatic carboxylic acids is 2. The molecule has 118 heavy (non-hydrogen) atoms. The lowest BCUT2D eigenvalue weighted by Gasteiger charge is -2.18. The van der Waals surface area contributed by atoms with Crippen molar-refractivity contribution in [2.24, 2.45) is 5.73 Å². The number of carboxylic acid groups (broad SMARTS) is 2. The number of imide groups is 1. The summed E-state index contributed by atoms with van der Waals surface area (Å²) in [5.74, 6) is -5.56. The number of carboxylic acids is 2. The molecule has 0 aliphatic carbocycles. The van der Waals surface area contributed by atoms with Gasteiger partial charge in [-0.1, -0.05) is 275 Å². The molecule has 5 rings (SSSR count). The van der Waals surface area contributed by atoms with E-state index in [0.29, 0.717) is 44.1 Å². The van der Waals surface area contributed by atoms with E-state index in [1.807, 2.05) is 121 Å². The highest BCUT2D eigenvalue weighted by molar-refractivity contribution is 6.01. The van der Waals surface area contributed by atoms with Crippen LogP contribution in [0.15, 0.2) is 121 Å². The first kappa shape index (κ1) is 103. The minimum atomic E-state index is -1.05. The number of rotatable bonds is 68. The van der Waals surface area contributed by atoms with Gasteiger partial charge >= 0.3 is 41.8 Å². The molecule has 0 bridgehead atoms. The fourth-order valence-corrected chi connectivity index (χ4v) is 12.1. The van der Waals surface area contributed by atoms with Gasteiger partial charge in [0.05, 0.1) is 39.6 Å². The van der Waals surface area contributed by atoms with E-state index in [1.54, 1.807) is 0 Å². The topological polar surface area (TPSA) is 394 Å². The molecule has 1 aliphatic heterocycles. The molecular formula is C90H133N5O23. The van der Waals surface area contributed by atoms with Gasteiger partial charge in [0.1, 0.15) is 51.7 Å². The van der Waals surface area contributed by atoms with Gasteiger partial charge in [-0.15, -0.1) is 5.06 Å². The number of esters is 4. The number of hydrogen-bond acceptors (Lipinski definition) is 22. The Morgan fingerprint density at radius 2 is 0.636 bits per heavy atom. The number of nitrogens with one attached hydrogen (secondary N) is 3. The van der Waals surface area contributed by atoms with Crippen LogP contribution in [0.1, 0.15) is 266 Å². The summed E-state index contributed by atoms with van der Waals surface area (Å²) >= 11 is 0. The van der Waals surface area contributed by atoms with E-state index in [9.17, 15) is 57.5 Å². The van der Waals surface area contributed by atoms with E-state index in [-0.39, 0.29) is 141 Å². The highest BCUT2D eigenvalue weighted by Crippen LogP contribution is 2.19. The van der Waals surface area contributed by atoms with Crippen molar-refractivity contribution >= 4 is 71.3 Å². The number of ether oxygens (including phenoxy) is 8. The third kappa shape index (κ3) is 59.2. The largest absolute Gasteiger partial charge is 0.480 e. The fourth-order valence-electron chi connectivity index (χ4n) is 12.1. The van der Waals surface area contributed by atoms with Crippen molar-refractivity contribution in [1.29, 1.82) is 0 Å². The lowest BCUT2D eigenvalue weighted by atomic mass is 10.0. The van der Waals surface area contributed by atoms with Gasteiger partial charge in [-0.05, 0) is 60.8 Å². The summed E-state index contributed by atoms with van der Waals surface area (Å²) in [6.07, 6.45) is 33.8. The highest BCUT2D eigenvalue weighted by Gasteiger charge is 2.33. The zero-order valence-electron chi connectivity index (χ0n) is 69.5. The molecule has 0 unspecified atom stereocenters. The Labute approximate surface area is 697 Å². The van der Waals surface area contributed by atoms with E-state index < -0.39 is 60.4 Å². The number of carbonyl (C=O) groups is 12. The Balaban J connectivity index is 0.000000491. The van der Waals surface area contributed by atoms with Crippen LogP contribution in [0.3, 0.4) is 0 Å². The summed E-state index contributed by atoms with van der Waals surface area (Å²) < 4.78 is 41.4. The lowest BCUT2D eigenvalue weighted by Crippen LogP contribution is -2.42. The second-order valence-electron chi connectivity index (χ2n) is 29.0. The lowest BCUT2D eigenvalue weighted by molar-refractivity contribution is -0.197. The number of nitrogens with zero attached hydrogens (tertiary/aromatic N) is 1. The third-order valence-electron chi connectivity index (χ3n) is 18.8. The van der Waals surface area contributed by atoms with Gasteiger partial charge in [0.15, 0.2) is 0 Å². The number of unbranched alkanes of at least 4 members (excludes halogenated alkanes) is 26. The first-order valence-corrected chi connectivity index (χ1v) is 42.6. The first-order chi connectivity index (χ1) is 57.4. The van der Waals surface area contributed by atoms with Gasteiger partial charge in [-0.2, -0.15) is 0 Å². The molecule has 7 N–H and O–H groups in total. The average Bonchev–Trinajstić information content (AvgIpc) is 1.64. The zero-order chi connectivity index (χ0) is 85.4. The molecule has 0 aromatic heterocycles. The van der Waals surface area contributed by atoms with Gasteiger partial charge in [-0.25, -0.2) is 19.2 Å². The minimum absolute atomic E-state index is 0.0166. The number of hydroxylamine groups is 2. The number of nitrogens with two attached hydrogens (primary N) is 1. The second-order valence-corrected chi connectivity index (χ2v) is 29.0. The van der Waals surface area contributed by atoms with Gasteiger partial charge in [0, 0.05) is 64.5 Å². The minimum Gasteiger partial charge on any atom is -0.480 e. The van der Waals surface area contributed by atoms with Crippen molar-refractivity contribution in [2.75, 3.05) is 65.9 Å². The summed E-state index contributed by atoms with van der Waals surface area (Å²) in [4.78, 5) is 145. The van der Waals surface area contributed by atoms with Gasteiger partial charge in [0.2, 0.25) is 17.7 Å². The Bertz CT molecular complexity index is 3360. The fraction of sp³-hybridized carbons (Fsp3) is 0.600. The van der Waals surface area contributed by atoms with Crippen LogP contribution in [0.5, 0.6) is 0 Å². The summed E-state index contributed by atoms with van der Waals surface area (Å²) in [5, 5.41) is 25.7. The van der Waals surface area contributed by atoms with Crippen LogP contribution in [0.2, 0.25) is 0 Å². The molecule has 1 fully saturated rings. The maximum Gasteiger partial charge on any atom is 0.333 e. The summed E-state index contributed by atoms with van der Waals surface area (Å²) in [7, 11) is 0. The van der Waals surface area contributed by atoms with E-state index in [1.165, 1.54) is 103 Å². The van der Waals surface area contributed by atoms with E-state index in [4.69, 9.17) is 58.7 Å². The zero-order valence-corrected chi connectivity index (χ0v) is 69.5. The maximum atomic E-state index is 12.9. The molecule has 1 aliphatic rings. The third-order valence-corrected chi connectivity index (χ3v) is 18.8. The molecule has 656 valence electrons. The highest BCUT2D eigenvalue weighted by atomic mass is 16.7. The van der Waals surface area contributed by atoms with E-state index >= 15 is 0 Å². The van der Waals surface area contributed by atoms with Gasteiger partial charge in [-0.3, -0.25) is 38.4 Å². The Morgan fingerprint density at radius 1 is 0.339 bits per heavy atom. The summed E-state index contributed by atoms with van der Waals surface area (Å²) in [5.41, 5.74) is 9.47. The average molecular weight is 1650 g/mol. The molecule has 0 spiro atoms. The molecule has 1 saturated heterocycles. The van der Waals surface area contributed by atoms with Crippen molar-refractivity contribution in [3.63, 3.8) is 0 Å². The molecule has 0 saturated carbocycles. The molecule has 28 nitrogen and oxygen atoms in total. The second kappa shape index (κ2) is 70.5. The smallest absolute Gasteiger partial charge is 0.333 e. The van der Waals surface area contributed by atoms with Gasteiger partial charge in [0.25, 0.3) is 11.8 Å². The van der Waals surface area contributed by atoms with Crippen molar-refractivity contribution in [1.82, 2.24) is 21.0 Å². The van der Waals surface area contributed by atoms with Crippen LogP contribution in [-0.4, -0.2) is 165 Å². The van der Waals surface area contributed by atoms with Crippen molar-refractivity contribution < 1.29 is 110 Å². The van der Waals surface area contributed by atoms with Crippen LogP contribution < -0.4 is 21.7 Å². The molecule has 0 radical (unpaired) electrons. The predicted molar refractivity (Wildman–Crippen MR) is 443 cm³/mol. The molecule has 2 atom stereocenters. The normalized spacial score (nSPS) is 12.0. The number of amides is 5. The summed E-state index contributed by atoms with van der Waals surface area (Å²) in [6.45, 7) is 1.95. The van der Waals surface area contributed by atoms with Crippen molar-refractivity contribution in [3.8, 4) is 0 Å². The number of benzene rings is 4. The van der Waals surface area contributed by atoms with Crippen LogP contribution >= 0.6 is 0 Å². The number of carbonyl (C=O) groups excluding carboxylic acids is 10. The van der Waals surface area contributed by atoms with Crippen LogP contribution in [-0.2, 0) is 127 Å². The molecule has 4 aromatic rings. The van der Waals surface area contributed by atoms with Crippen LogP contribution in [0, 0.1) is 0 Å². The van der Waals surface area contributed by atoms with Crippen molar-refractivity contribution in [3.05, 3.63) is 144 Å². The van der Waals surface area contributed by atoms with E-state index in [0.717, 1.165) is 99.3 Å². The Hall–Kier alpha value is -9.48. The summed E-state index contributed by atoms with van der Waals surface area (Å²) in [6, 6.07) is 36.2. The molecule has 1 heterocycles. The molecule has 4 aromatic carbocycles. The maximum absolute atomic E-state index is 12.9. The SMILES string of the molecule is N[C@@H](CCC(=O)NCCOCCOCC(=O)O)C(=O)OCc1ccccc1.O=C(CCCCCCCCCCCCCCCCC(=O)ON1C(=O)CCC1=O)OCc1ccccc1.O=C(O)COCCOCCNC(=O)CC[C@H](NC(=O)CCCCCCCCCCCCCCCCC(=O)OCc1ccccc1)C(=O)OCc1ccccc1. The quantitative estimate of drug-likeness (QED) is 0.0103. The van der Waals surface area contributed by atoms with Gasteiger partial charge < -0.3 is 74.6 Å². The monoisotopic (exact) mass is 1650 g/mol. The predicted octanol–water partition coefficient (Wildman–Crippen LogP) is 13.9. The van der Waals surface area contributed by atoms with Crippen LogP contribution in [0.4, 0.5) is 0 Å². The first-order valence-electron chi connectivity index (χ1n) is 42.6. The van der Waals surface area contributed by atoms with E-state index in [2.05, 4.69) is 16.0 Å². The molecular weight excluding hydrogens is 1520 g/mol. The Kier molecular flexibility index (Phi) is 61.4.